The molecule has 1 N–H and O–H groups in total. The smallest absolute Gasteiger partial charge is 0.311 e. The fraction of sp³-hybridized carbons (Fsp3) is 0.667. The van der Waals surface area contributed by atoms with Crippen molar-refractivity contribution >= 4 is 23.4 Å². The number of aromatic nitrogens is 2. The van der Waals surface area contributed by atoms with Crippen LogP contribution in [0.25, 0.3) is 0 Å². The number of aliphatic carboxylic acids is 1. The molecule has 1 amide bonds. The van der Waals surface area contributed by atoms with Gasteiger partial charge in [0.1, 0.15) is 4.88 Å². The second-order valence-electron chi connectivity index (χ2n) is 4.96. The minimum Gasteiger partial charge on any atom is -0.481 e. The van der Waals surface area contributed by atoms with Crippen LogP contribution in [0.4, 0.5) is 0 Å². The molecule has 0 aromatic carbocycles. The van der Waals surface area contributed by atoms with Crippen LogP contribution in [0, 0.1) is 12.3 Å². The van der Waals surface area contributed by atoms with Gasteiger partial charge < -0.3 is 10.0 Å². The highest BCUT2D eigenvalue weighted by Crippen LogP contribution is 2.34. The van der Waals surface area contributed by atoms with E-state index in [0.717, 1.165) is 18.0 Å². The molecule has 7 heteroatoms. The molecule has 1 unspecified atom stereocenters. The predicted molar refractivity (Wildman–Crippen MR) is 70.1 cm³/mol. The van der Waals surface area contributed by atoms with E-state index in [1.165, 1.54) is 0 Å². The highest BCUT2D eigenvalue weighted by atomic mass is 32.1. The third kappa shape index (κ3) is 2.47. The van der Waals surface area contributed by atoms with E-state index >= 15 is 0 Å². The largest absolute Gasteiger partial charge is 0.481 e. The minimum atomic E-state index is -0.813. The van der Waals surface area contributed by atoms with Crippen LogP contribution < -0.4 is 0 Å². The van der Waals surface area contributed by atoms with E-state index < -0.39 is 11.4 Å². The zero-order chi connectivity index (χ0) is 14.0. The summed E-state index contributed by atoms with van der Waals surface area (Å²) in [6.07, 6.45) is 1.88. The fourth-order valence-electron chi connectivity index (χ4n) is 2.49. The van der Waals surface area contributed by atoms with E-state index in [0.29, 0.717) is 30.0 Å². The maximum Gasteiger partial charge on any atom is 0.311 e. The van der Waals surface area contributed by atoms with Gasteiger partial charge in [-0.2, -0.15) is 0 Å². The third-order valence-corrected chi connectivity index (χ3v) is 4.66. The SMILES string of the molecule is CCC1(C(=O)O)CCCN(C(=O)c2snnc2C)C1. The average Bonchev–Trinajstić information content (AvgIpc) is 2.84. The number of amides is 1. The molecule has 0 spiro atoms. The van der Waals surface area contributed by atoms with Crippen molar-refractivity contribution in [1.29, 1.82) is 0 Å². The van der Waals surface area contributed by atoms with E-state index in [-0.39, 0.29) is 12.5 Å². The van der Waals surface area contributed by atoms with Crippen molar-refractivity contribution in [3.8, 4) is 0 Å². The Labute approximate surface area is 115 Å². The maximum atomic E-state index is 12.4. The molecule has 1 atom stereocenters. The van der Waals surface area contributed by atoms with Gasteiger partial charge in [0.25, 0.3) is 5.91 Å². The molecule has 1 aromatic rings. The van der Waals surface area contributed by atoms with Crippen molar-refractivity contribution in [1.82, 2.24) is 14.5 Å². The number of piperidine rings is 1. The molecule has 1 saturated heterocycles. The van der Waals surface area contributed by atoms with E-state index in [1.54, 1.807) is 11.8 Å². The van der Waals surface area contributed by atoms with E-state index in [4.69, 9.17) is 0 Å². The number of rotatable bonds is 3. The number of likely N-dealkylation sites (tertiary alicyclic amines) is 1. The van der Waals surface area contributed by atoms with Crippen molar-refractivity contribution in [3.63, 3.8) is 0 Å². The first-order valence-electron chi connectivity index (χ1n) is 6.32. The van der Waals surface area contributed by atoms with Crippen LogP contribution in [0.2, 0.25) is 0 Å². The number of carboxylic acid groups (broad SMARTS) is 1. The molecular weight excluding hydrogens is 266 g/mol. The summed E-state index contributed by atoms with van der Waals surface area (Å²) in [4.78, 5) is 26.0. The Morgan fingerprint density at radius 1 is 1.53 bits per heavy atom. The van der Waals surface area contributed by atoms with Gasteiger partial charge in [-0.3, -0.25) is 9.59 Å². The Hall–Kier alpha value is -1.50. The summed E-state index contributed by atoms with van der Waals surface area (Å²) in [6, 6.07) is 0. The van der Waals surface area contributed by atoms with Gasteiger partial charge in [-0.05, 0) is 37.7 Å². The number of nitrogens with zero attached hydrogens (tertiary/aromatic N) is 3. The van der Waals surface area contributed by atoms with Gasteiger partial charge >= 0.3 is 5.97 Å². The lowest BCUT2D eigenvalue weighted by atomic mass is 9.77. The van der Waals surface area contributed by atoms with Gasteiger partial charge in [0.15, 0.2) is 0 Å². The number of aryl methyl sites for hydroxylation is 1. The highest BCUT2D eigenvalue weighted by molar-refractivity contribution is 7.07. The van der Waals surface area contributed by atoms with Gasteiger partial charge in [-0.15, -0.1) is 5.10 Å². The molecule has 1 fully saturated rings. The molecule has 0 aliphatic carbocycles. The van der Waals surface area contributed by atoms with Crippen molar-refractivity contribution in [2.75, 3.05) is 13.1 Å². The number of carbonyl (C=O) groups excluding carboxylic acids is 1. The first-order chi connectivity index (χ1) is 9.00. The Balaban J connectivity index is 2.20. The molecule has 0 saturated carbocycles. The molecule has 19 heavy (non-hydrogen) atoms. The van der Waals surface area contributed by atoms with Crippen molar-refractivity contribution in [3.05, 3.63) is 10.6 Å². The Bertz CT molecular complexity index is 502. The van der Waals surface area contributed by atoms with Crippen LogP contribution in [0.1, 0.15) is 41.6 Å². The van der Waals surface area contributed by atoms with Gasteiger partial charge in [0, 0.05) is 13.1 Å². The van der Waals surface area contributed by atoms with Gasteiger partial charge in [-0.25, -0.2) is 0 Å². The second kappa shape index (κ2) is 5.24. The Morgan fingerprint density at radius 2 is 2.26 bits per heavy atom. The Kier molecular flexibility index (Phi) is 3.84. The van der Waals surface area contributed by atoms with E-state index in [9.17, 15) is 14.7 Å². The zero-order valence-corrected chi connectivity index (χ0v) is 11.9. The minimum absolute atomic E-state index is 0.147. The first-order valence-corrected chi connectivity index (χ1v) is 7.09. The molecule has 2 rings (SSSR count). The fourth-order valence-corrected chi connectivity index (χ4v) is 3.12. The molecule has 104 valence electrons. The summed E-state index contributed by atoms with van der Waals surface area (Å²) in [7, 11) is 0. The lowest BCUT2D eigenvalue weighted by Gasteiger charge is -2.39. The van der Waals surface area contributed by atoms with Crippen LogP contribution >= 0.6 is 11.5 Å². The zero-order valence-electron chi connectivity index (χ0n) is 11.0. The molecule has 1 aliphatic rings. The van der Waals surface area contributed by atoms with Crippen LogP contribution in [-0.2, 0) is 4.79 Å². The van der Waals surface area contributed by atoms with Gasteiger partial charge in [0.05, 0.1) is 11.1 Å². The summed E-state index contributed by atoms with van der Waals surface area (Å²) in [5.74, 6) is -0.960. The lowest BCUT2D eigenvalue weighted by Crippen LogP contribution is -2.49. The molecular formula is C12H17N3O3S. The van der Waals surface area contributed by atoms with Crippen LogP contribution in [0.15, 0.2) is 0 Å². The van der Waals surface area contributed by atoms with Gasteiger partial charge in [0.2, 0.25) is 0 Å². The van der Waals surface area contributed by atoms with E-state index in [2.05, 4.69) is 9.59 Å². The third-order valence-electron chi connectivity index (χ3n) is 3.84. The monoisotopic (exact) mass is 283 g/mol. The number of hydrogen-bond donors (Lipinski definition) is 1. The maximum absolute atomic E-state index is 12.4. The van der Waals surface area contributed by atoms with Crippen molar-refractivity contribution in [2.24, 2.45) is 5.41 Å². The first kappa shape index (κ1) is 13.9. The van der Waals surface area contributed by atoms with Gasteiger partial charge in [-0.1, -0.05) is 11.4 Å². The predicted octanol–water partition coefficient (Wildman–Crippen LogP) is 1.56. The molecule has 1 aromatic heterocycles. The molecule has 0 bridgehead atoms. The topological polar surface area (TPSA) is 83.4 Å². The molecule has 2 heterocycles. The van der Waals surface area contributed by atoms with Crippen LogP contribution in [0.5, 0.6) is 0 Å². The summed E-state index contributed by atoms with van der Waals surface area (Å²) >= 11 is 1.07. The van der Waals surface area contributed by atoms with Crippen molar-refractivity contribution in [2.45, 2.75) is 33.1 Å². The lowest BCUT2D eigenvalue weighted by molar-refractivity contribution is -0.152. The Morgan fingerprint density at radius 3 is 2.79 bits per heavy atom. The quantitative estimate of drug-likeness (QED) is 0.910. The standard InChI is InChI=1S/C12H17N3O3S/c1-3-12(11(17)18)5-4-6-15(7-12)10(16)9-8(2)13-14-19-9/h3-7H2,1-2H3,(H,17,18). The molecule has 6 nitrogen and oxygen atoms in total. The summed E-state index contributed by atoms with van der Waals surface area (Å²) in [6.45, 7) is 4.48. The van der Waals surface area contributed by atoms with Crippen LogP contribution in [-0.4, -0.2) is 44.6 Å². The second-order valence-corrected chi connectivity index (χ2v) is 5.71. The summed E-state index contributed by atoms with van der Waals surface area (Å²) in [5, 5.41) is 13.2. The molecule has 0 radical (unpaired) electrons. The molecule has 1 aliphatic heterocycles. The number of hydrogen-bond acceptors (Lipinski definition) is 5. The number of carbonyl (C=O) groups is 2. The summed E-state index contributed by atoms with van der Waals surface area (Å²) in [5.41, 5.74) is -0.196. The average molecular weight is 283 g/mol. The normalized spacial score (nSPS) is 23.4. The highest BCUT2D eigenvalue weighted by Gasteiger charge is 2.42. The number of carboxylic acids is 1. The van der Waals surface area contributed by atoms with Crippen molar-refractivity contribution < 1.29 is 14.7 Å². The van der Waals surface area contributed by atoms with E-state index in [1.807, 2.05) is 6.92 Å². The van der Waals surface area contributed by atoms with Crippen LogP contribution in [0.3, 0.4) is 0 Å². The summed E-state index contributed by atoms with van der Waals surface area (Å²) < 4.78 is 3.76.